The number of likely N-dealkylation sites (N-methyl/N-ethyl adjacent to an activating group) is 1. The third-order valence-electron chi connectivity index (χ3n) is 4.32. The predicted octanol–water partition coefficient (Wildman–Crippen LogP) is 2.12. The molecule has 140 valence electrons. The van der Waals surface area contributed by atoms with E-state index in [1.54, 1.807) is 33.4 Å². The maximum Gasteiger partial charge on any atom is 0.246 e. The summed E-state index contributed by atoms with van der Waals surface area (Å²) in [5.41, 5.74) is 1.69. The van der Waals surface area contributed by atoms with Gasteiger partial charge in [-0.05, 0) is 36.9 Å². The van der Waals surface area contributed by atoms with E-state index in [9.17, 15) is 4.79 Å². The van der Waals surface area contributed by atoms with E-state index in [1.807, 2.05) is 35.3 Å². The second-order valence-electron chi connectivity index (χ2n) is 6.06. The van der Waals surface area contributed by atoms with Crippen LogP contribution in [0.25, 0.3) is 6.08 Å². The van der Waals surface area contributed by atoms with Crippen LogP contribution in [0.2, 0.25) is 0 Å². The second kappa shape index (κ2) is 9.77. The van der Waals surface area contributed by atoms with Crippen LogP contribution in [0.3, 0.4) is 0 Å². The van der Waals surface area contributed by atoms with E-state index in [-0.39, 0.29) is 5.91 Å². The third kappa shape index (κ3) is 5.46. The van der Waals surface area contributed by atoms with Crippen LogP contribution in [-0.4, -0.2) is 75.9 Å². The summed E-state index contributed by atoms with van der Waals surface area (Å²) in [6, 6.07) is 5.68. The molecule has 6 heteroatoms. The largest absolute Gasteiger partial charge is 0.493 e. The Kier molecular flexibility index (Phi) is 7.41. The lowest BCUT2D eigenvalue weighted by Gasteiger charge is -2.31. The monoisotopic (exact) mass is 357 g/mol. The first-order chi connectivity index (χ1) is 12.6. The number of allylic oxidation sites excluding steroid dienone is 2. The molecule has 1 aromatic carbocycles. The molecule has 0 unspecified atom stereocenters. The van der Waals surface area contributed by atoms with Crippen molar-refractivity contribution in [3.63, 3.8) is 0 Å². The van der Waals surface area contributed by atoms with Crippen LogP contribution < -0.4 is 9.47 Å². The Morgan fingerprint density at radius 1 is 1.04 bits per heavy atom. The fraction of sp³-hybridized carbons (Fsp3) is 0.400. The summed E-state index contributed by atoms with van der Waals surface area (Å²) in [6.07, 6.45) is 7.13. The van der Waals surface area contributed by atoms with Crippen LogP contribution in [-0.2, 0) is 4.79 Å². The lowest BCUT2D eigenvalue weighted by molar-refractivity contribution is -0.127. The summed E-state index contributed by atoms with van der Waals surface area (Å²) < 4.78 is 10.5. The van der Waals surface area contributed by atoms with Crippen LogP contribution in [0.4, 0.5) is 0 Å². The van der Waals surface area contributed by atoms with Gasteiger partial charge in [0, 0.05) is 39.3 Å². The number of carbonyl (C=O) groups is 1. The average Bonchev–Trinajstić information content (AvgIpc) is 2.68. The molecule has 0 spiro atoms. The lowest BCUT2D eigenvalue weighted by Crippen LogP contribution is -2.46. The van der Waals surface area contributed by atoms with Crippen molar-refractivity contribution in [3.8, 4) is 11.5 Å². The molecule has 6 nitrogen and oxygen atoms in total. The number of hydrogen-bond acceptors (Lipinski definition) is 5. The van der Waals surface area contributed by atoms with Crippen LogP contribution in [0, 0.1) is 0 Å². The number of hydrogen-bond donors (Lipinski definition) is 0. The van der Waals surface area contributed by atoms with E-state index in [4.69, 9.17) is 9.47 Å². The lowest BCUT2D eigenvalue weighted by atomic mass is 10.1. The van der Waals surface area contributed by atoms with E-state index in [0.717, 1.165) is 37.5 Å². The van der Waals surface area contributed by atoms with Crippen molar-refractivity contribution in [2.24, 2.45) is 4.99 Å². The van der Waals surface area contributed by atoms with Crippen molar-refractivity contribution < 1.29 is 14.3 Å². The highest BCUT2D eigenvalue weighted by atomic mass is 16.5. The highest BCUT2D eigenvalue weighted by Gasteiger charge is 2.16. The summed E-state index contributed by atoms with van der Waals surface area (Å²) in [6.45, 7) is 3.35. The Morgan fingerprint density at radius 2 is 1.73 bits per heavy atom. The van der Waals surface area contributed by atoms with Crippen molar-refractivity contribution in [1.29, 1.82) is 0 Å². The van der Waals surface area contributed by atoms with Gasteiger partial charge in [0.15, 0.2) is 11.5 Å². The quantitative estimate of drug-likeness (QED) is 0.578. The van der Waals surface area contributed by atoms with Gasteiger partial charge in [0.25, 0.3) is 0 Å². The van der Waals surface area contributed by atoms with Gasteiger partial charge in [0.1, 0.15) is 0 Å². The van der Waals surface area contributed by atoms with E-state index in [1.165, 1.54) is 0 Å². The predicted molar refractivity (Wildman–Crippen MR) is 105 cm³/mol. The molecular formula is C20H27N3O3. The molecule has 1 aliphatic rings. The first-order valence-corrected chi connectivity index (χ1v) is 8.59. The van der Waals surface area contributed by atoms with E-state index in [0.29, 0.717) is 11.5 Å². The average molecular weight is 357 g/mol. The van der Waals surface area contributed by atoms with Gasteiger partial charge < -0.3 is 19.3 Å². The zero-order valence-corrected chi connectivity index (χ0v) is 15.9. The Labute approximate surface area is 155 Å². The number of aliphatic imine (C=N–C) groups is 1. The van der Waals surface area contributed by atoms with Crippen LogP contribution in [0.1, 0.15) is 5.56 Å². The third-order valence-corrected chi connectivity index (χ3v) is 4.32. The van der Waals surface area contributed by atoms with Gasteiger partial charge in [0.05, 0.1) is 19.9 Å². The number of methoxy groups -OCH3 is 2. The van der Waals surface area contributed by atoms with Crippen molar-refractivity contribution >= 4 is 17.7 Å². The van der Waals surface area contributed by atoms with Gasteiger partial charge in [-0.2, -0.15) is 0 Å². The Morgan fingerprint density at radius 3 is 2.35 bits per heavy atom. The Hall–Kier alpha value is -2.60. The van der Waals surface area contributed by atoms with Gasteiger partial charge in [-0.1, -0.05) is 12.1 Å². The zero-order chi connectivity index (χ0) is 18.9. The van der Waals surface area contributed by atoms with Gasteiger partial charge in [-0.15, -0.1) is 0 Å². The summed E-state index contributed by atoms with van der Waals surface area (Å²) in [5.74, 6) is 1.39. The van der Waals surface area contributed by atoms with Crippen LogP contribution in [0.5, 0.6) is 11.5 Å². The number of benzene rings is 1. The smallest absolute Gasteiger partial charge is 0.246 e. The minimum Gasteiger partial charge on any atom is -0.493 e. The van der Waals surface area contributed by atoms with Crippen molar-refractivity contribution in [3.05, 3.63) is 42.0 Å². The zero-order valence-electron chi connectivity index (χ0n) is 15.9. The molecule has 1 saturated heterocycles. The SMILES string of the molecule is CN=C(/C=C/C(=O)N1CCN(C)CC1)/C=C/c1ccc(OC)c(OC)c1. The molecule has 2 rings (SSSR count). The number of ether oxygens (including phenoxy) is 2. The molecule has 1 aliphatic heterocycles. The number of carbonyl (C=O) groups excluding carboxylic acids is 1. The second-order valence-corrected chi connectivity index (χ2v) is 6.06. The van der Waals surface area contributed by atoms with Gasteiger partial charge in [-0.3, -0.25) is 9.79 Å². The first kappa shape index (κ1) is 19.7. The first-order valence-electron chi connectivity index (χ1n) is 8.59. The van der Waals surface area contributed by atoms with Crippen molar-refractivity contribution in [2.75, 3.05) is 54.5 Å². The number of nitrogens with zero attached hydrogens (tertiary/aromatic N) is 3. The minimum absolute atomic E-state index is 0.0266. The fourth-order valence-electron chi connectivity index (χ4n) is 2.63. The van der Waals surface area contributed by atoms with Crippen molar-refractivity contribution in [2.45, 2.75) is 0 Å². The van der Waals surface area contributed by atoms with E-state index in [2.05, 4.69) is 16.9 Å². The molecule has 1 heterocycles. The minimum atomic E-state index is 0.0266. The molecule has 0 aliphatic carbocycles. The maximum absolute atomic E-state index is 12.3. The van der Waals surface area contributed by atoms with Gasteiger partial charge in [0.2, 0.25) is 5.91 Å². The van der Waals surface area contributed by atoms with Gasteiger partial charge >= 0.3 is 0 Å². The highest BCUT2D eigenvalue weighted by Crippen LogP contribution is 2.27. The molecule has 0 aromatic heterocycles. The molecule has 1 aromatic rings. The molecule has 0 saturated carbocycles. The molecule has 26 heavy (non-hydrogen) atoms. The summed E-state index contributed by atoms with van der Waals surface area (Å²) in [7, 11) is 6.99. The molecule has 0 N–H and O–H groups in total. The molecule has 1 amide bonds. The van der Waals surface area contributed by atoms with E-state index < -0.39 is 0 Å². The number of amides is 1. The Bertz CT molecular complexity index is 702. The fourth-order valence-corrected chi connectivity index (χ4v) is 2.63. The number of rotatable bonds is 6. The highest BCUT2D eigenvalue weighted by molar-refractivity contribution is 6.09. The van der Waals surface area contributed by atoms with E-state index >= 15 is 0 Å². The summed E-state index contributed by atoms with van der Waals surface area (Å²) in [5, 5.41) is 0. The van der Waals surface area contributed by atoms with Crippen molar-refractivity contribution in [1.82, 2.24) is 9.80 Å². The molecule has 0 radical (unpaired) electrons. The maximum atomic E-state index is 12.3. The Balaban J connectivity index is 2.00. The van der Waals surface area contributed by atoms with Crippen LogP contribution >= 0.6 is 0 Å². The number of piperazine rings is 1. The van der Waals surface area contributed by atoms with Crippen LogP contribution in [0.15, 0.2) is 41.4 Å². The summed E-state index contributed by atoms with van der Waals surface area (Å²) >= 11 is 0. The normalized spacial score (nSPS) is 16.5. The molecule has 0 atom stereocenters. The van der Waals surface area contributed by atoms with Gasteiger partial charge in [-0.25, -0.2) is 0 Å². The molecule has 1 fully saturated rings. The molecular weight excluding hydrogens is 330 g/mol. The standard InChI is InChI=1S/C20H27N3O3/c1-21-17(8-10-20(24)23-13-11-22(2)12-14-23)7-5-16-6-9-18(25-3)19(15-16)26-4/h5-10,15H,11-14H2,1-4H3/b7-5+,10-8+,21-17?. The topological polar surface area (TPSA) is 54.4 Å². The summed E-state index contributed by atoms with van der Waals surface area (Å²) in [4.78, 5) is 20.6. The molecule has 0 bridgehead atoms.